The molecule has 4 N–H and O–H groups in total. The first kappa shape index (κ1) is 13.5. The van der Waals surface area contributed by atoms with Crippen molar-refractivity contribution in [2.75, 3.05) is 12.3 Å². The van der Waals surface area contributed by atoms with Gasteiger partial charge in [0.05, 0.1) is 17.6 Å². The fourth-order valence-corrected chi connectivity index (χ4v) is 2.06. The van der Waals surface area contributed by atoms with E-state index in [2.05, 4.69) is 31.2 Å². The number of benzene rings is 1. The zero-order valence-electron chi connectivity index (χ0n) is 9.91. The first-order valence-corrected chi connectivity index (χ1v) is 6.37. The van der Waals surface area contributed by atoms with Gasteiger partial charge < -0.3 is 16.0 Å². The van der Waals surface area contributed by atoms with E-state index in [1.807, 2.05) is 0 Å². The highest BCUT2D eigenvalue weighted by Crippen LogP contribution is 2.22. The number of nitrogens with one attached hydrogen (secondary N) is 2. The molecule has 0 aliphatic carbocycles. The molecule has 0 unspecified atom stereocenters. The number of nitrogens with zero attached hydrogens (tertiary/aromatic N) is 1. The zero-order valence-corrected chi connectivity index (χ0v) is 11.5. The lowest BCUT2D eigenvalue weighted by Crippen LogP contribution is -2.26. The number of carbonyl (C=O) groups is 1. The number of hydrogen-bond donors (Lipinski definition) is 3. The minimum absolute atomic E-state index is 0.0538. The van der Waals surface area contributed by atoms with E-state index in [1.54, 1.807) is 12.5 Å². The number of rotatable bonds is 4. The van der Waals surface area contributed by atoms with E-state index in [1.165, 1.54) is 12.1 Å². The third-order valence-corrected chi connectivity index (χ3v) is 3.22. The molecule has 5 nitrogen and oxygen atoms in total. The summed E-state index contributed by atoms with van der Waals surface area (Å²) in [6.45, 7) is 0.449. The molecule has 1 heterocycles. The quantitative estimate of drug-likeness (QED) is 0.750. The van der Waals surface area contributed by atoms with E-state index in [9.17, 15) is 9.18 Å². The SMILES string of the molecule is Nc1cc(C(=O)NCCc2cnc[nH]2)c(Br)cc1F. The van der Waals surface area contributed by atoms with Gasteiger partial charge in [0.15, 0.2) is 0 Å². The van der Waals surface area contributed by atoms with Gasteiger partial charge in [0.2, 0.25) is 0 Å². The average molecular weight is 327 g/mol. The van der Waals surface area contributed by atoms with E-state index in [0.717, 1.165) is 5.69 Å². The normalized spacial score (nSPS) is 10.4. The standard InChI is InChI=1S/C12H12BrFN4O/c13-9-4-10(14)11(15)3-8(9)12(19)17-2-1-7-5-16-6-18-7/h3-6H,1-2,15H2,(H,16,18)(H,17,19). The van der Waals surface area contributed by atoms with Gasteiger partial charge in [0.1, 0.15) is 5.82 Å². The predicted octanol–water partition coefficient (Wildman–Crippen LogP) is 1.87. The van der Waals surface area contributed by atoms with Gasteiger partial charge in [0.25, 0.3) is 5.91 Å². The summed E-state index contributed by atoms with van der Waals surface area (Å²) < 4.78 is 13.5. The van der Waals surface area contributed by atoms with Gasteiger partial charge in [-0.05, 0) is 28.1 Å². The number of nitrogen functional groups attached to an aromatic ring is 1. The van der Waals surface area contributed by atoms with Crippen LogP contribution >= 0.6 is 15.9 Å². The molecule has 1 aromatic heterocycles. The van der Waals surface area contributed by atoms with Crippen LogP contribution in [0.4, 0.5) is 10.1 Å². The molecule has 0 radical (unpaired) electrons. The van der Waals surface area contributed by atoms with E-state index < -0.39 is 5.82 Å². The van der Waals surface area contributed by atoms with Crippen molar-refractivity contribution in [2.45, 2.75) is 6.42 Å². The van der Waals surface area contributed by atoms with Gasteiger partial charge in [-0.2, -0.15) is 0 Å². The van der Waals surface area contributed by atoms with Gasteiger partial charge in [-0.3, -0.25) is 4.79 Å². The second-order valence-corrected chi connectivity index (χ2v) is 4.79. The molecule has 0 aliphatic rings. The summed E-state index contributed by atoms with van der Waals surface area (Å²) in [5.41, 5.74) is 6.63. The largest absolute Gasteiger partial charge is 0.396 e. The van der Waals surface area contributed by atoms with E-state index >= 15 is 0 Å². The Labute approximate surface area is 117 Å². The molecule has 7 heteroatoms. The molecule has 2 aromatic rings. The Morgan fingerprint density at radius 3 is 3.00 bits per heavy atom. The Hall–Kier alpha value is -1.89. The summed E-state index contributed by atoms with van der Waals surface area (Å²) in [5.74, 6) is -0.862. The van der Waals surface area contributed by atoms with Crippen molar-refractivity contribution >= 4 is 27.5 Å². The number of carbonyl (C=O) groups excluding carboxylic acids is 1. The summed E-state index contributed by atoms with van der Waals surface area (Å²) in [5, 5.41) is 2.73. The van der Waals surface area contributed by atoms with Crippen LogP contribution in [-0.2, 0) is 6.42 Å². The summed E-state index contributed by atoms with van der Waals surface area (Å²) in [6.07, 6.45) is 3.91. The van der Waals surface area contributed by atoms with Crippen molar-refractivity contribution in [3.05, 3.63) is 46.2 Å². The van der Waals surface area contributed by atoms with Gasteiger partial charge in [-0.25, -0.2) is 9.37 Å². The van der Waals surface area contributed by atoms with Crippen molar-refractivity contribution in [3.63, 3.8) is 0 Å². The number of hydrogen-bond acceptors (Lipinski definition) is 3. The van der Waals surface area contributed by atoms with Crippen LogP contribution < -0.4 is 11.1 Å². The number of anilines is 1. The molecule has 1 aromatic carbocycles. The number of H-pyrrole nitrogens is 1. The maximum atomic E-state index is 13.2. The van der Waals surface area contributed by atoms with Crippen LogP contribution in [0.3, 0.4) is 0 Å². The second-order valence-electron chi connectivity index (χ2n) is 3.94. The average Bonchev–Trinajstić information content (AvgIpc) is 2.86. The van der Waals surface area contributed by atoms with Crippen molar-refractivity contribution in [1.82, 2.24) is 15.3 Å². The van der Waals surface area contributed by atoms with Crippen LogP contribution in [0, 0.1) is 5.82 Å². The van der Waals surface area contributed by atoms with Gasteiger partial charge >= 0.3 is 0 Å². The van der Waals surface area contributed by atoms with Crippen LogP contribution in [0.1, 0.15) is 16.1 Å². The van der Waals surface area contributed by atoms with Crippen molar-refractivity contribution in [3.8, 4) is 0 Å². The molecule has 0 bridgehead atoms. The van der Waals surface area contributed by atoms with Crippen LogP contribution in [0.15, 0.2) is 29.1 Å². The molecular weight excluding hydrogens is 315 g/mol. The highest BCUT2D eigenvalue weighted by molar-refractivity contribution is 9.10. The van der Waals surface area contributed by atoms with Crippen LogP contribution in [0.5, 0.6) is 0 Å². The molecular formula is C12H12BrFN4O. The third kappa shape index (κ3) is 3.31. The molecule has 0 atom stereocenters. The monoisotopic (exact) mass is 326 g/mol. The van der Waals surface area contributed by atoms with Crippen LogP contribution in [0.25, 0.3) is 0 Å². The van der Waals surface area contributed by atoms with Crippen molar-refractivity contribution in [2.24, 2.45) is 0 Å². The Balaban J connectivity index is 1.98. The highest BCUT2D eigenvalue weighted by Gasteiger charge is 2.12. The lowest BCUT2D eigenvalue weighted by molar-refractivity contribution is 0.0953. The predicted molar refractivity (Wildman–Crippen MR) is 73.1 cm³/mol. The fourth-order valence-electron chi connectivity index (χ4n) is 1.57. The van der Waals surface area contributed by atoms with Gasteiger partial charge in [-0.15, -0.1) is 0 Å². The number of nitrogens with two attached hydrogens (primary N) is 1. The lowest BCUT2D eigenvalue weighted by atomic mass is 10.2. The highest BCUT2D eigenvalue weighted by atomic mass is 79.9. The second kappa shape index (κ2) is 5.83. The number of halogens is 2. The molecule has 1 amide bonds. The number of imidazole rings is 1. The molecule has 0 spiro atoms. The number of aromatic nitrogens is 2. The molecule has 19 heavy (non-hydrogen) atoms. The molecule has 0 saturated carbocycles. The first-order chi connectivity index (χ1) is 9.08. The molecule has 100 valence electrons. The number of amides is 1. The minimum atomic E-state index is -0.555. The zero-order chi connectivity index (χ0) is 13.8. The van der Waals surface area contributed by atoms with Crippen molar-refractivity contribution < 1.29 is 9.18 Å². The molecule has 0 saturated heterocycles. The first-order valence-electron chi connectivity index (χ1n) is 5.58. The Bertz CT molecular complexity index is 586. The Morgan fingerprint density at radius 1 is 1.53 bits per heavy atom. The maximum absolute atomic E-state index is 13.2. The summed E-state index contributed by atoms with van der Waals surface area (Å²) in [4.78, 5) is 18.7. The molecule has 0 aliphatic heterocycles. The third-order valence-electron chi connectivity index (χ3n) is 2.57. The smallest absolute Gasteiger partial charge is 0.252 e. The van der Waals surface area contributed by atoms with E-state index in [4.69, 9.17) is 5.73 Å². The molecule has 0 fully saturated rings. The fraction of sp³-hybridized carbons (Fsp3) is 0.167. The Kier molecular flexibility index (Phi) is 4.16. The summed E-state index contributed by atoms with van der Waals surface area (Å²) in [7, 11) is 0. The molecule has 2 rings (SSSR count). The van der Waals surface area contributed by atoms with Gasteiger partial charge in [0, 0.05) is 29.3 Å². The van der Waals surface area contributed by atoms with Crippen LogP contribution in [-0.4, -0.2) is 22.4 Å². The topological polar surface area (TPSA) is 83.8 Å². The minimum Gasteiger partial charge on any atom is -0.396 e. The van der Waals surface area contributed by atoms with Crippen molar-refractivity contribution in [1.29, 1.82) is 0 Å². The number of aromatic amines is 1. The lowest BCUT2D eigenvalue weighted by Gasteiger charge is -2.08. The summed E-state index contributed by atoms with van der Waals surface area (Å²) in [6, 6.07) is 2.49. The van der Waals surface area contributed by atoms with Gasteiger partial charge in [-0.1, -0.05) is 0 Å². The maximum Gasteiger partial charge on any atom is 0.252 e. The van der Waals surface area contributed by atoms with E-state index in [-0.39, 0.29) is 11.6 Å². The Morgan fingerprint density at radius 2 is 2.32 bits per heavy atom. The summed E-state index contributed by atoms with van der Waals surface area (Å²) >= 11 is 3.14. The van der Waals surface area contributed by atoms with Crippen LogP contribution in [0.2, 0.25) is 0 Å². The van der Waals surface area contributed by atoms with E-state index in [0.29, 0.717) is 23.0 Å².